The van der Waals surface area contributed by atoms with Crippen molar-refractivity contribution in [3.8, 4) is 11.8 Å². The van der Waals surface area contributed by atoms with Gasteiger partial charge in [0.25, 0.3) is 0 Å². The molecule has 1 heterocycles. The van der Waals surface area contributed by atoms with Gasteiger partial charge in [-0.2, -0.15) is 5.26 Å². The maximum Gasteiger partial charge on any atom is 0.141 e. The van der Waals surface area contributed by atoms with Crippen LogP contribution < -0.4 is 4.74 Å². The van der Waals surface area contributed by atoms with Crippen LogP contribution in [0.1, 0.15) is 5.69 Å². The van der Waals surface area contributed by atoms with Gasteiger partial charge >= 0.3 is 0 Å². The van der Waals surface area contributed by atoms with Crippen molar-refractivity contribution in [2.45, 2.75) is 0 Å². The molecule has 94 valence electrons. The largest absolute Gasteiger partial charge is 0.491 e. The monoisotopic (exact) mass is 264 g/mol. The molecule has 0 N–H and O–H groups in total. The van der Waals surface area contributed by atoms with E-state index in [0.717, 1.165) is 16.7 Å². The lowest BCUT2D eigenvalue weighted by Gasteiger charge is -2.06. The topological polar surface area (TPSA) is 55.1 Å². The fourth-order valence-electron chi connectivity index (χ4n) is 1.49. The molecular weight excluding hydrogens is 252 g/mol. The summed E-state index contributed by atoms with van der Waals surface area (Å²) < 4.78 is 10.4. The summed E-state index contributed by atoms with van der Waals surface area (Å²) in [5, 5.41) is 9.77. The van der Waals surface area contributed by atoms with Crippen LogP contribution in [0.3, 0.4) is 0 Å². The molecule has 0 fully saturated rings. The molecule has 0 aliphatic rings. The number of ether oxygens (including phenoxy) is 2. The van der Waals surface area contributed by atoms with Crippen molar-refractivity contribution in [2.75, 3.05) is 20.3 Å². The Morgan fingerprint density at radius 3 is 2.72 bits per heavy atom. The average Bonchev–Trinajstić information content (AvgIpc) is 2.38. The van der Waals surface area contributed by atoms with Crippen LogP contribution in [0.5, 0.6) is 5.75 Å². The predicted octanol–water partition coefficient (Wildman–Crippen LogP) is 2.55. The van der Waals surface area contributed by atoms with Crippen LogP contribution in [-0.4, -0.2) is 25.3 Å². The number of aromatic nitrogens is 1. The molecule has 0 aliphatic heterocycles. The molecule has 0 bridgehead atoms. The molecule has 5 heteroatoms. The Bertz CT molecular complexity index is 566. The number of methoxy groups -OCH3 is 1. The van der Waals surface area contributed by atoms with Gasteiger partial charge in [0.1, 0.15) is 24.1 Å². The minimum absolute atomic E-state index is 0. The number of pyridine rings is 1. The highest BCUT2D eigenvalue weighted by Gasteiger charge is 2.00. The third-order valence-corrected chi connectivity index (χ3v) is 2.33. The molecule has 2 aromatic rings. The number of rotatable bonds is 4. The first-order chi connectivity index (χ1) is 8.33. The summed E-state index contributed by atoms with van der Waals surface area (Å²) in [6.45, 7) is 1.05. The SMILES string of the molecule is COCCOc1ccc2ccc(C#N)nc2c1.Cl. The van der Waals surface area contributed by atoms with Crippen molar-refractivity contribution in [2.24, 2.45) is 0 Å². The highest BCUT2D eigenvalue weighted by Crippen LogP contribution is 2.19. The van der Waals surface area contributed by atoms with E-state index in [1.54, 1.807) is 13.2 Å². The molecule has 0 saturated carbocycles. The summed E-state index contributed by atoms with van der Waals surface area (Å²) in [6.07, 6.45) is 0. The van der Waals surface area contributed by atoms with Gasteiger partial charge in [0.2, 0.25) is 0 Å². The lowest BCUT2D eigenvalue weighted by molar-refractivity contribution is 0.146. The molecule has 2 rings (SSSR count). The van der Waals surface area contributed by atoms with Gasteiger partial charge in [-0.15, -0.1) is 12.4 Å². The van der Waals surface area contributed by atoms with Crippen molar-refractivity contribution < 1.29 is 9.47 Å². The molecule has 0 aliphatic carbocycles. The zero-order chi connectivity index (χ0) is 12.1. The van der Waals surface area contributed by atoms with E-state index >= 15 is 0 Å². The van der Waals surface area contributed by atoms with Gasteiger partial charge in [0.05, 0.1) is 12.1 Å². The number of halogens is 1. The van der Waals surface area contributed by atoms with Gasteiger partial charge in [-0.25, -0.2) is 4.98 Å². The lowest BCUT2D eigenvalue weighted by atomic mass is 10.2. The number of benzene rings is 1. The maximum atomic E-state index is 8.78. The first-order valence-corrected chi connectivity index (χ1v) is 5.26. The fourth-order valence-corrected chi connectivity index (χ4v) is 1.49. The number of nitriles is 1. The van der Waals surface area contributed by atoms with E-state index in [1.165, 1.54) is 0 Å². The van der Waals surface area contributed by atoms with Crippen LogP contribution in [0, 0.1) is 11.3 Å². The van der Waals surface area contributed by atoms with Gasteiger partial charge < -0.3 is 9.47 Å². The van der Waals surface area contributed by atoms with Crippen LogP contribution in [0.25, 0.3) is 10.9 Å². The first-order valence-electron chi connectivity index (χ1n) is 5.26. The van der Waals surface area contributed by atoms with Gasteiger partial charge in [-0.3, -0.25) is 0 Å². The smallest absolute Gasteiger partial charge is 0.141 e. The molecule has 0 spiro atoms. The van der Waals surface area contributed by atoms with Crippen LogP contribution in [0.15, 0.2) is 30.3 Å². The van der Waals surface area contributed by atoms with Crippen LogP contribution in [0.2, 0.25) is 0 Å². The normalized spacial score (nSPS) is 9.56. The molecule has 0 saturated heterocycles. The molecule has 0 radical (unpaired) electrons. The number of fused-ring (bicyclic) bond motifs is 1. The highest BCUT2D eigenvalue weighted by atomic mass is 35.5. The minimum Gasteiger partial charge on any atom is -0.491 e. The molecular formula is C13H13ClN2O2. The molecule has 4 nitrogen and oxygen atoms in total. The first kappa shape index (κ1) is 14.2. The summed E-state index contributed by atoms with van der Waals surface area (Å²) in [7, 11) is 1.63. The minimum atomic E-state index is 0. The molecule has 18 heavy (non-hydrogen) atoms. The second-order valence-electron chi connectivity index (χ2n) is 3.50. The zero-order valence-electron chi connectivity index (χ0n) is 9.92. The van der Waals surface area contributed by atoms with E-state index in [-0.39, 0.29) is 12.4 Å². The molecule has 0 unspecified atom stereocenters. The van der Waals surface area contributed by atoms with E-state index < -0.39 is 0 Å². The van der Waals surface area contributed by atoms with Crippen LogP contribution in [-0.2, 0) is 4.74 Å². The number of nitrogens with zero attached hydrogens (tertiary/aromatic N) is 2. The van der Waals surface area contributed by atoms with E-state index in [9.17, 15) is 0 Å². The van der Waals surface area contributed by atoms with E-state index in [2.05, 4.69) is 4.98 Å². The number of hydrogen-bond donors (Lipinski definition) is 0. The van der Waals surface area contributed by atoms with Gasteiger partial charge in [0, 0.05) is 18.6 Å². The molecule has 1 aromatic heterocycles. The summed E-state index contributed by atoms with van der Waals surface area (Å²) in [4.78, 5) is 4.21. The Labute approximate surface area is 112 Å². The van der Waals surface area contributed by atoms with Crippen LogP contribution >= 0.6 is 12.4 Å². The molecule has 1 aromatic carbocycles. The fraction of sp³-hybridized carbons (Fsp3) is 0.231. The Morgan fingerprint density at radius 2 is 2.00 bits per heavy atom. The van der Waals surface area contributed by atoms with Gasteiger partial charge in [-0.05, 0) is 24.3 Å². The predicted molar refractivity (Wildman–Crippen MR) is 71.1 cm³/mol. The third-order valence-electron chi connectivity index (χ3n) is 2.33. The highest BCUT2D eigenvalue weighted by molar-refractivity contribution is 5.85. The van der Waals surface area contributed by atoms with Crippen molar-refractivity contribution in [1.82, 2.24) is 4.98 Å². The van der Waals surface area contributed by atoms with Crippen molar-refractivity contribution in [1.29, 1.82) is 5.26 Å². The third kappa shape index (κ3) is 3.33. The average molecular weight is 265 g/mol. The van der Waals surface area contributed by atoms with Crippen molar-refractivity contribution in [3.05, 3.63) is 36.0 Å². The van der Waals surface area contributed by atoms with Crippen molar-refractivity contribution >= 4 is 23.3 Å². The maximum absolute atomic E-state index is 8.78. The Hall–Kier alpha value is -1.83. The van der Waals surface area contributed by atoms with E-state index in [1.807, 2.05) is 30.3 Å². The number of hydrogen-bond acceptors (Lipinski definition) is 4. The summed E-state index contributed by atoms with van der Waals surface area (Å²) in [5.74, 6) is 0.733. The standard InChI is InChI=1S/C13H12N2O2.ClH/c1-16-6-7-17-12-5-3-10-2-4-11(9-14)15-13(10)8-12;/h2-5,8H,6-7H2,1H3;1H. The molecule has 0 atom stereocenters. The zero-order valence-corrected chi connectivity index (χ0v) is 10.7. The summed E-state index contributed by atoms with van der Waals surface area (Å²) in [5.41, 5.74) is 1.17. The summed E-state index contributed by atoms with van der Waals surface area (Å²) in [6, 6.07) is 11.2. The van der Waals surface area contributed by atoms with E-state index in [0.29, 0.717) is 18.9 Å². The second-order valence-corrected chi connectivity index (χ2v) is 3.50. The van der Waals surface area contributed by atoms with E-state index in [4.69, 9.17) is 14.7 Å². The lowest BCUT2D eigenvalue weighted by Crippen LogP contribution is -2.04. The van der Waals surface area contributed by atoms with Crippen LogP contribution in [0.4, 0.5) is 0 Å². The van der Waals surface area contributed by atoms with Crippen molar-refractivity contribution in [3.63, 3.8) is 0 Å². The Kier molecular flexibility index (Phi) is 5.37. The Balaban J connectivity index is 0.00000162. The van der Waals surface area contributed by atoms with Gasteiger partial charge in [0.15, 0.2) is 0 Å². The molecule has 0 amide bonds. The van der Waals surface area contributed by atoms with Gasteiger partial charge in [-0.1, -0.05) is 0 Å². The Morgan fingerprint density at radius 1 is 1.22 bits per heavy atom. The summed E-state index contributed by atoms with van der Waals surface area (Å²) >= 11 is 0. The second kappa shape index (κ2) is 6.80. The quantitative estimate of drug-likeness (QED) is 0.797.